The van der Waals surface area contributed by atoms with E-state index in [4.69, 9.17) is 9.26 Å². The van der Waals surface area contributed by atoms with Crippen molar-refractivity contribution < 1.29 is 18.4 Å². The van der Waals surface area contributed by atoms with Gasteiger partial charge in [-0.3, -0.25) is 9.48 Å². The molecule has 8 heteroatoms. The zero-order valence-electron chi connectivity index (χ0n) is 16.3. The number of carbonyl (C=O) groups excluding carboxylic acids is 1. The van der Waals surface area contributed by atoms with Crippen LogP contribution in [0, 0.1) is 19.7 Å². The van der Waals surface area contributed by atoms with Crippen molar-refractivity contribution in [3.63, 3.8) is 0 Å². The maximum Gasteiger partial charge on any atom is 0.274 e. The van der Waals surface area contributed by atoms with E-state index in [0.717, 1.165) is 17.8 Å². The summed E-state index contributed by atoms with van der Waals surface area (Å²) in [7, 11) is 0. The number of carbonyl (C=O) groups is 1. The second-order valence-corrected chi connectivity index (χ2v) is 6.53. The van der Waals surface area contributed by atoms with Crippen molar-refractivity contribution in [2.24, 2.45) is 0 Å². The zero-order chi connectivity index (χ0) is 20.3. The van der Waals surface area contributed by atoms with Gasteiger partial charge in [0.2, 0.25) is 0 Å². The lowest BCUT2D eigenvalue weighted by Crippen LogP contribution is -2.28. The van der Waals surface area contributed by atoms with Crippen molar-refractivity contribution in [2.45, 2.75) is 46.9 Å². The van der Waals surface area contributed by atoms with E-state index in [1.54, 1.807) is 6.92 Å². The van der Waals surface area contributed by atoms with Crippen LogP contribution in [0.15, 0.2) is 35.0 Å². The number of aryl methyl sites for hydroxylation is 3. The van der Waals surface area contributed by atoms with Crippen LogP contribution in [0.1, 0.15) is 53.0 Å². The average Bonchev–Trinajstić information content (AvgIpc) is 3.23. The van der Waals surface area contributed by atoms with Gasteiger partial charge < -0.3 is 14.6 Å². The largest absolute Gasteiger partial charge is 0.489 e. The molecule has 0 spiro atoms. The molecule has 0 saturated carbocycles. The molecule has 3 rings (SSSR count). The quantitative estimate of drug-likeness (QED) is 0.669. The van der Waals surface area contributed by atoms with E-state index in [1.165, 1.54) is 24.3 Å². The molecule has 1 unspecified atom stereocenters. The van der Waals surface area contributed by atoms with Crippen LogP contribution in [-0.4, -0.2) is 20.8 Å². The van der Waals surface area contributed by atoms with Crippen LogP contribution in [-0.2, 0) is 13.2 Å². The van der Waals surface area contributed by atoms with Gasteiger partial charge in [0.05, 0.1) is 17.3 Å². The summed E-state index contributed by atoms with van der Waals surface area (Å²) < 4.78 is 25.7. The van der Waals surface area contributed by atoms with Gasteiger partial charge in [-0.25, -0.2) is 4.39 Å². The van der Waals surface area contributed by atoms with Crippen molar-refractivity contribution in [1.29, 1.82) is 0 Å². The maximum absolute atomic E-state index is 13.0. The minimum Gasteiger partial charge on any atom is -0.489 e. The first kappa shape index (κ1) is 19.6. The molecule has 28 heavy (non-hydrogen) atoms. The zero-order valence-corrected chi connectivity index (χ0v) is 16.3. The summed E-state index contributed by atoms with van der Waals surface area (Å²) in [5.74, 6) is 0.286. The van der Waals surface area contributed by atoms with Crippen molar-refractivity contribution in [3.05, 3.63) is 64.6 Å². The van der Waals surface area contributed by atoms with Gasteiger partial charge in [-0.2, -0.15) is 5.10 Å². The third-order valence-corrected chi connectivity index (χ3v) is 4.52. The second-order valence-electron chi connectivity index (χ2n) is 6.53. The highest BCUT2D eigenvalue weighted by Gasteiger charge is 2.23. The normalized spacial score (nSPS) is 12.0. The van der Waals surface area contributed by atoms with E-state index in [-0.39, 0.29) is 30.1 Å². The predicted octanol–water partition coefficient (Wildman–Crippen LogP) is 3.72. The summed E-state index contributed by atoms with van der Waals surface area (Å²) in [6.07, 6.45) is 1.92. The molecule has 7 nitrogen and oxygen atoms in total. The Morgan fingerprint density at radius 1 is 1.32 bits per heavy atom. The van der Waals surface area contributed by atoms with Crippen molar-refractivity contribution >= 4 is 5.91 Å². The summed E-state index contributed by atoms with van der Waals surface area (Å²) in [5.41, 5.74) is 2.53. The van der Waals surface area contributed by atoms with Crippen molar-refractivity contribution in [3.8, 4) is 5.75 Å². The van der Waals surface area contributed by atoms with E-state index in [2.05, 4.69) is 15.6 Å². The van der Waals surface area contributed by atoms with Crippen LogP contribution in [0.3, 0.4) is 0 Å². The Morgan fingerprint density at radius 2 is 2.04 bits per heavy atom. The molecule has 0 aliphatic heterocycles. The first-order valence-electron chi connectivity index (χ1n) is 9.07. The topological polar surface area (TPSA) is 82.2 Å². The fraction of sp³-hybridized carbons (Fsp3) is 0.350. The van der Waals surface area contributed by atoms with E-state index < -0.39 is 0 Å². The summed E-state index contributed by atoms with van der Waals surface area (Å²) in [4.78, 5) is 12.7. The fourth-order valence-corrected chi connectivity index (χ4v) is 2.89. The van der Waals surface area contributed by atoms with Crippen LogP contribution in [0.25, 0.3) is 0 Å². The van der Waals surface area contributed by atoms with Gasteiger partial charge in [-0.15, -0.1) is 0 Å². The van der Waals surface area contributed by atoms with Gasteiger partial charge >= 0.3 is 0 Å². The summed E-state index contributed by atoms with van der Waals surface area (Å²) >= 11 is 0. The lowest BCUT2D eigenvalue weighted by atomic mass is 10.1. The molecular weight excluding hydrogens is 363 g/mol. The van der Waals surface area contributed by atoms with Crippen molar-refractivity contribution in [2.75, 3.05) is 0 Å². The van der Waals surface area contributed by atoms with Gasteiger partial charge in [0, 0.05) is 18.3 Å². The smallest absolute Gasteiger partial charge is 0.274 e. The third-order valence-electron chi connectivity index (χ3n) is 4.52. The number of nitrogens with zero attached hydrogens (tertiary/aromatic N) is 3. The highest BCUT2D eigenvalue weighted by Crippen LogP contribution is 2.20. The molecule has 1 aromatic carbocycles. The molecule has 0 fully saturated rings. The molecule has 1 amide bonds. The number of ether oxygens (including phenoxy) is 1. The van der Waals surface area contributed by atoms with Crippen molar-refractivity contribution in [1.82, 2.24) is 20.3 Å². The Hall–Kier alpha value is -3.16. The molecule has 1 atom stereocenters. The highest BCUT2D eigenvalue weighted by atomic mass is 19.1. The van der Waals surface area contributed by atoms with E-state index in [0.29, 0.717) is 17.1 Å². The number of hydrogen-bond donors (Lipinski definition) is 1. The molecule has 148 valence electrons. The number of aromatic nitrogens is 3. The lowest BCUT2D eigenvalue weighted by Gasteiger charge is -2.13. The average molecular weight is 386 g/mol. The molecule has 0 aliphatic carbocycles. The third kappa shape index (κ3) is 4.21. The van der Waals surface area contributed by atoms with Crippen LogP contribution in [0.5, 0.6) is 5.75 Å². The number of hydrogen-bond acceptors (Lipinski definition) is 5. The maximum atomic E-state index is 13.0. The summed E-state index contributed by atoms with van der Waals surface area (Å²) in [6.45, 7) is 8.37. The number of benzene rings is 1. The lowest BCUT2D eigenvalue weighted by molar-refractivity contribution is 0.0928. The van der Waals surface area contributed by atoms with E-state index >= 15 is 0 Å². The molecule has 0 aliphatic rings. The minimum atomic E-state index is -0.356. The summed E-state index contributed by atoms with van der Waals surface area (Å²) in [6, 6.07) is 5.42. The van der Waals surface area contributed by atoms with Crippen LogP contribution >= 0.6 is 0 Å². The van der Waals surface area contributed by atoms with E-state index in [9.17, 15) is 9.18 Å². The van der Waals surface area contributed by atoms with Gasteiger partial charge in [0.25, 0.3) is 5.91 Å². The van der Waals surface area contributed by atoms with Gasteiger partial charge in [-0.05, 0) is 52.0 Å². The summed E-state index contributed by atoms with van der Waals surface area (Å²) in [5, 5.41) is 11.2. The molecule has 1 N–H and O–H groups in total. The monoisotopic (exact) mass is 386 g/mol. The van der Waals surface area contributed by atoms with Gasteiger partial charge in [0.15, 0.2) is 5.69 Å². The van der Waals surface area contributed by atoms with E-state index in [1.807, 2.05) is 31.6 Å². The first-order chi connectivity index (χ1) is 13.4. The van der Waals surface area contributed by atoms with Crippen LogP contribution in [0.2, 0.25) is 0 Å². The Morgan fingerprint density at radius 3 is 2.68 bits per heavy atom. The number of nitrogens with one attached hydrogen (secondary N) is 1. The number of amides is 1. The number of halogens is 1. The SMILES string of the molecule is CCn1cc(C(C)NC(=O)c2noc(C)c2COc2ccc(F)cc2)c(C)n1. The standard InChI is InChI=1S/C20H23FN4O3/c1-5-25-10-17(13(3)23-25)12(2)22-20(26)19-18(14(4)28-24-19)11-27-16-8-6-15(21)7-9-16/h6-10,12H,5,11H2,1-4H3,(H,22,26). The highest BCUT2D eigenvalue weighted by molar-refractivity contribution is 5.94. The fourth-order valence-electron chi connectivity index (χ4n) is 2.89. The Labute approximate surface area is 162 Å². The molecule has 3 aromatic rings. The van der Waals surface area contributed by atoms with Gasteiger partial charge in [-0.1, -0.05) is 5.16 Å². The minimum absolute atomic E-state index is 0.0882. The molecule has 0 bridgehead atoms. The molecular formula is C20H23FN4O3. The Bertz CT molecular complexity index is 962. The molecule has 0 saturated heterocycles. The molecule has 0 radical (unpaired) electrons. The Balaban J connectivity index is 1.71. The second kappa shape index (κ2) is 8.24. The molecule has 2 aromatic heterocycles. The Kier molecular flexibility index (Phi) is 5.77. The number of rotatable bonds is 7. The van der Waals surface area contributed by atoms with Gasteiger partial charge in [0.1, 0.15) is 23.9 Å². The first-order valence-corrected chi connectivity index (χ1v) is 9.07. The van der Waals surface area contributed by atoms with Crippen LogP contribution in [0.4, 0.5) is 4.39 Å². The van der Waals surface area contributed by atoms with Crippen LogP contribution < -0.4 is 10.1 Å². The molecule has 2 heterocycles. The predicted molar refractivity (Wildman–Crippen MR) is 100 cm³/mol.